The molecular formula is C15H16F3N3O3S. The maximum atomic E-state index is 12.1. The largest absolute Gasteiger partial charge is 0.573 e. The van der Waals surface area contributed by atoms with E-state index in [0.717, 1.165) is 0 Å². The Morgan fingerprint density at radius 2 is 2.00 bits per heavy atom. The number of aromatic nitrogens is 1. The standard InChI is InChI=1S/C15H16F3N3O3S/c1-23-8-2-7-19-13(22)12-9-25-14(21-12)20-10-3-5-11(6-4-10)24-15(16,17)18/h3-6,9H,2,7-8H2,1H3,(H,19,22)(H,20,21). The van der Waals surface area contributed by atoms with E-state index in [1.165, 1.54) is 35.6 Å². The minimum absolute atomic E-state index is 0.266. The summed E-state index contributed by atoms with van der Waals surface area (Å²) >= 11 is 1.21. The van der Waals surface area contributed by atoms with Gasteiger partial charge in [-0.05, 0) is 30.7 Å². The number of benzene rings is 1. The molecule has 2 N–H and O–H groups in total. The van der Waals surface area contributed by atoms with E-state index in [-0.39, 0.29) is 17.4 Å². The van der Waals surface area contributed by atoms with Crippen molar-refractivity contribution >= 4 is 28.1 Å². The zero-order valence-corrected chi connectivity index (χ0v) is 14.0. The number of carbonyl (C=O) groups excluding carboxylic acids is 1. The van der Waals surface area contributed by atoms with Crippen molar-refractivity contribution in [2.45, 2.75) is 12.8 Å². The van der Waals surface area contributed by atoms with Crippen LogP contribution in [-0.4, -0.2) is 37.5 Å². The van der Waals surface area contributed by atoms with Crippen LogP contribution in [0.2, 0.25) is 0 Å². The van der Waals surface area contributed by atoms with Crippen molar-refractivity contribution in [3.63, 3.8) is 0 Å². The van der Waals surface area contributed by atoms with Crippen LogP contribution < -0.4 is 15.4 Å². The summed E-state index contributed by atoms with van der Waals surface area (Å²) in [5, 5.41) is 7.67. The molecule has 1 aromatic heterocycles. The van der Waals surface area contributed by atoms with Crippen molar-refractivity contribution < 1.29 is 27.4 Å². The second-order valence-electron chi connectivity index (χ2n) is 4.84. The average molecular weight is 375 g/mol. The van der Waals surface area contributed by atoms with E-state index < -0.39 is 6.36 Å². The number of halogens is 3. The van der Waals surface area contributed by atoms with Gasteiger partial charge in [-0.1, -0.05) is 0 Å². The Labute approximate surface area is 146 Å². The lowest BCUT2D eigenvalue weighted by Gasteiger charge is -2.09. The minimum Gasteiger partial charge on any atom is -0.406 e. The second kappa shape index (κ2) is 8.67. The van der Waals surface area contributed by atoms with Crippen LogP contribution in [0, 0.1) is 0 Å². The molecule has 0 fully saturated rings. The molecule has 1 aromatic carbocycles. The number of thiazole rings is 1. The summed E-state index contributed by atoms with van der Waals surface area (Å²) in [5.74, 6) is -0.609. The van der Waals surface area contributed by atoms with Crippen molar-refractivity contribution in [1.82, 2.24) is 10.3 Å². The van der Waals surface area contributed by atoms with Gasteiger partial charge in [-0.2, -0.15) is 0 Å². The topological polar surface area (TPSA) is 72.5 Å². The second-order valence-corrected chi connectivity index (χ2v) is 5.70. The summed E-state index contributed by atoms with van der Waals surface area (Å²) < 4.78 is 45.0. The van der Waals surface area contributed by atoms with Gasteiger partial charge in [0.15, 0.2) is 5.13 Å². The maximum absolute atomic E-state index is 12.1. The summed E-state index contributed by atoms with van der Waals surface area (Å²) in [6.45, 7) is 1.03. The number of ether oxygens (including phenoxy) is 2. The van der Waals surface area contributed by atoms with Crippen molar-refractivity contribution in [3.05, 3.63) is 35.3 Å². The molecule has 0 spiro atoms. The first-order valence-electron chi connectivity index (χ1n) is 7.23. The van der Waals surface area contributed by atoms with Gasteiger partial charge in [-0.3, -0.25) is 4.79 Å². The Bertz CT molecular complexity index is 689. The fraction of sp³-hybridized carbons (Fsp3) is 0.333. The van der Waals surface area contributed by atoms with Gasteiger partial charge in [0.1, 0.15) is 11.4 Å². The molecule has 0 aliphatic rings. The Morgan fingerprint density at radius 3 is 2.64 bits per heavy atom. The van der Waals surface area contributed by atoms with Crippen LogP contribution in [0.25, 0.3) is 0 Å². The van der Waals surface area contributed by atoms with Gasteiger partial charge in [0, 0.05) is 31.3 Å². The molecule has 2 rings (SSSR count). The Balaban J connectivity index is 1.89. The van der Waals surface area contributed by atoms with E-state index in [0.29, 0.717) is 30.4 Å². The Kier molecular flexibility index (Phi) is 6.59. The Morgan fingerprint density at radius 1 is 1.28 bits per heavy atom. The third-order valence-electron chi connectivity index (χ3n) is 2.89. The van der Waals surface area contributed by atoms with Gasteiger partial charge in [0.25, 0.3) is 5.91 Å². The van der Waals surface area contributed by atoms with Gasteiger partial charge in [-0.15, -0.1) is 24.5 Å². The molecule has 0 saturated heterocycles. The molecular weight excluding hydrogens is 359 g/mol. The van der Waals surface area contributed by atoms with Crippen LogP contribution in [0.3, 0.4) is 0 Å². The van der Waals surface area contributed by atoms with Crippen molar-refractivity contribution in [3.8, 4) is 5.75 Å². The number of nitrogens with one attached hydrogen (secondary N) is 2. The SMILES string of the molecule is COCCCNC(=O)c1csc(Nc2ccc(OC(F)(F)F)cc2)n1. The lowest BCUT2D eigenvalue weighted by molar-refractivity contribution is -0.274. The summed E-state index contributed by atoms with van der Waals surface area (Å²) in [5.41, 5.74) is 0.790. The van der Waals surface area contributed by atoms with E-state index in [2.05, 4.69) is 20.4 Å². The monoisotopic (exact) mass is 375 g/mol. The molecule has 0 atom stereocenters. The number of amides is 1. The van der Waals surface area contributed by atoms with E-state index >= 15 is 0 Å². The first-order chi connectivity index (χ1) is 11.9. The number of carbonyl (C=O) groups is 1. The van der Waals surface area contributed by atoms with E-state index in [4.69, 9.17) is 4.74 Å². The lowest BCUT2D eigenvalue weighted by atomic mass is 10.3. The molecule has 10 heteroatoms. The quantitative estimate of drug-likeness (QED) is 0.691. The number of nitrogens with zero attached hydrogens (tertiary/aromatic N) is 1. The van der Waals surface area contributed by atoms with Gasteiger partial charge in [-0.25, -0.2) is 4.98 Å². The first kappa shape index (κ1) is 19.0. The van der Waals surface area contributed by atoms with Crippen molar-refractivity contribution in [2.24, 2.45) is 0 Å². The van der Waals surface area contributed by atoms with Crippen LogP contribution in [0.15, 0.2) is 29.6 Å². The smallest absolute Gasteiger partial charge is 0.406 e. The molecule has 0 aliphatic carbocycles. The third-order valence-corrected chi connectivity index (χ3v) is 3.64. The van der Waals surface area contributed by atoms with Gasteiger partial charge >= 0.3 is 6.36 Å². The van der Waals surface area contributed by atoms with Crippen LogP contribution in [0.4, 0.5) is 24.0 Å². The fourth-order valence-electron chi connectivity index (χ4n) is 1.81. The molecule has 0 radical (unpaired) electrons. The Hall–Kier alpha value is -2.33. The van der Waals surface area contributed by atoms with Gasteiger partial charge < -0.3 is 20.1 Å². The number of rotatable bonds is 8. The zero-order valence-electron chi connectivity index (χ0n) is 13.2. The van der Waals surface area contributed by atoms with Crippen LogP contribution in [0.1, 0.15) is 16.9 Å². The summed E-state index contributed by atoms with van der Waals surface area (Å²) in [6.07, 6.45) is -4.03. The highest BCUT2D eigenvalue weighted by Gasteiger charge is 2.30. The number of methoxy groups -OCH3 is 1. The number of hydrogen-bond donors (Lipinski definition) is 2. The molecule has 6 nitrogen and oxygen atoms in total. The molecule has 0 unspecified atom stereocenters. The normalized spacial score (nSPS) is 11.2. The van der Waals surface area contributed by atoms with Crippen LogP contribution in [0.5, 0.6) is 5.75 Å². The highest BCUT2D eigenvalue weighted by molar-refractivity contribution is 7.14. The average Bonchev–Trinajstić information content (AvgIpc) is 3.00. The summed E-state index contributed by atoms with van der Waals surface area (Å²) in [7, 11) is 1.59. The molecule has 1 heterocycles. The zero-order chi connectivity index (χ0) is 18.3. The number of alkyl halides is 3. The molecule has 0 saturated carbocycles. The summed E-state index contributed by atoms with van der Waals surface area (Å²) in [6, 6.07) is 5.22. The van der Waals surface area contributed by atoms with Gasteiger partial charge in [0.05, 0.1) is 0 Å². The molecule has 2 aromatic rings. The maximum Gasteiger partial charge on any atom is 0.573 e. The number of hydrogen-bond acceptors (Lipinski definition) is 6. The van der Waals surface area contributed by atoms with Gasteiger partial charge in [0.2, 0.25) is 0 Å². The fourth-order valence-corrected chi connectivity index (χ4v) is 2.52. The molecule has 0 bridgehead atoms. The third kappa shape index (κ3) is 6.59. The van der Waals surface area contributed by atoms with E-state index in [1.807, 2.05) is 0 Å². The molecule has 25 heavy (non-hydrogen) atoms. The molecule has 1 amide bonds. The highest BCUT2D eigenvalue weighted by Crippen LogP contribution is 2.26. The van der Waals surface area contributed by atoms with E-state index in [1.54, 1.807) is 12.5 Å². The predicted molar refractivity (Wildman–Crippen MR) is 87.3 cm³/mol. The van der Waals surface area contributed by atoms with E-state index in [9.17, 15) is 18.0 Å². The van der Waals surface area contributed by atoms with Crippen molar-refractivity contribution in [2.75, 3.05) is 25.6 Å². The highest BCUT2D eigenvalue weighted by atomic mass is 32.1. The molecule has 0 aliphatic heterocycles. The number of anilines is 2. The van der Waals surface area contributed by atoms with Crippen LogP contribution in [-0.2, 0) is 4.74 Å². The van der Waals surface area contributed by atoms with Crippen molar-refractivity contribution in [1.29, 1.82) is 0 Å². The first-order valence-corrected chi connectivity index (χ1v) is 8.11. The molecule has 136 valence electrons. The van der Waals surface area contributed by atoms with Crippen LogP contribution >= 0.6 is 11.3 Å². The lowest BCUT2D eigenvalue weighted by Crippen LogP contribution is -2.25. The predicted octanol–water partition coefficient (Wildman–Crippen LogP) is 3.55. The summed E-state index contributed by atoms with van der Waals surface area (Å²) in [4.78, 5) is 16.0. The minimum atomic E-state index is -4.73.